The van der Waals surface area contributed by atoms with E-state index in [1.807, 2.05) is 6.92 Å². The van der Waals surface area contributed by atoms with Crippen molar-refractivity contribution in [1.29, 1.82) is 5.26 Å². The van der Waals surface area contributed by atoms with E-state index < -0.39 is 0 Å². The standard InChI is InChI=1S/C10H13N3O/c1-4-7-12-9(14-13-7)8-6(5-11)10(8,2)3/h6,8H,4H2,1-3H3. The molecule has 1 aromatic rings. The number of rotatable bonds is 2. The van der Waals surface area contributed by atoms with Crippen LogP contribution in [0.1, 0.15) is 38.4 Å². The second kappa shape index (κ2) is 2.81. The molecule has 2 rings (SSSR count). The van der Waals surface area contributed by atoms with E-state index in [1.165, 1.54) is 0 Å². The van der Waals surface area contributed by atoms with Crippen molar-refractivity contribution in [2.45, 2.75) is 33.1 Å². The number of hydrogen-bond acceptors (Lipinski definition) is 4. The average Bonchev–Trinajstić information content (AvgIpc) is 2.55. The Balaban J connectivity index is 2.23. The lowest BCUT2D eigenvalue weighted by molar-refractivity contribution is 0.363. The first-order valence-corrected chi connectivity index (χ1v) is 4.83. The molecule has 1 aromatic heterocycles. The normalized spacial score (nSPS) is 28.4. The van der Waals surface area contributed by atoms with Crippen molar-refractivity contribution in [2.24, 2.45) is 11.3 Å². The van der Waals surface area contributed by atoms with Gasteiger partial charge in [-0.05, 0) is 5.41 Å². The lowest BCUT2D eigenvalue weighted by Crippen LogP contribution is -1.90. The fourth-order valence-corrected chi connectivity index (χ4v) is 1.88. The summed E-state index contributed by atoms with van der Waals surface area (Å²) >= 11 is 0. The van der Waals surface area contributed by atoms with Crippen LogP contribution in [0.5, 0.6) is 0 Å². The lowest BCUT2D eigenvalue weighted by Gasteiger charge is -1.94. The van der Waals surface area contributed by atoms with Crippen LogP contribution in [0.4, 0.5) is 0 Å². The maximum Gasteiger partial charge on any atom is 0.231 e. The summed E-state index contributed by atoms with van der Waals surface area (Å²) < 4.78 is 5.13. The highest BCUT2D eigenvalue weighted by molar-refractivity contribution is 5.26. The Morgan fingerprint density at radius 2 is 2.29 bits per heavy atom. The van der Waals surface area contributed by atoms with Crippen LogP contribution >= 0.6 is 0 Å². The van der Waals surface area contributed by atoms with Gasteiger partial charge in [0.25, 0.3) is 0 Å². The first-order valence-electron chi connectivity index (χ1n) is 4.83. The third-order valence-corrected chi connectivity index (χ3v) is 3.03. The molecule has 4 nitrogen and oxygen atoms in total. The van der Waals surface area contributed by atoms with E-state index in [2.05, 4.69) is 30.1 Å². The van der Waals surface area contributed by atoms with Crippen LogP contribution < -0.4 is 0 Å². The minimum atomic E-state index is -0.00764. The largest absolute Gasteiger partial charge is 0.339 e. The quantitative estimate of drug-likeness (QED) is 0.716. The highest BCUT2D eigenvalue weighted by Crippen LogP contribution is 2.63. The highest BCUT2D eigenvalue weighted by Gasteiger charge is 2.62. The van der Waals surface area contributed by atoms with Crippen molar-refractivity contribution in [1.82, 2.24) is 10.1 Å². The van der Waals surface area contributed by atoms with Crippen molar-refractivity contribution < 1.29 is 4.52 Å². The molecule has 0 aromatic carbocycles. The van der Waals surface area contributed by atoms with Gasteiger partial charge in [-0.1, -0.05) is 25.9 Å². The van der Waals surface area contributed by atoms with Gasteiger partial charge < -0.3 is 4.52 Å². The molecule has 2 atom stereocenters. The zero-order valence-electron chi connectivity index (χ0n) is 8.61. The van der Waals surface area contributed by atoms with Crippen molar-refractivity contribution in [2.75, 3.05) is 0 Å². The van der Waals surface area contributed by atoms with E-state index in [0.717, 1.165) is 12.2 Å². The Morgan fingerprint density at radius 3 is 2.71 bits per heavy atom. The molecule has 1 aliphatic carbocycles. The topological polar surface area (TPSA) is 62.7 Å². The van der Waals surface area contributed by atoms with Gasteiger partial charge in [-0.3, -0.25) is 0 Å². The summed E-state index contributed by atoms with van der Waals surface area (Å²) in [4.78, 5) is 4.26. The van der Waals surface area contributed by atoms with Gasteiger partial charge in [-0.2, -0.15) is 10.2 Å². The zero-order chi connectivity index (χ0) is 10.3. The second-order valence-electron chi connectivity index (χ2n) is 4.31. The van der Waals surface area contributed by atoms with E-state index in [9.17, 15) is 0 Å². The van der Waals surface area contributed by atoms with Crippen LogP contribution in [0.3, 0.4) is 0 Å². The molecule has 1 saturated carbocycles. The Morgan fingerprint density at radius 1 is 1.57 bits per heavy atom. The van der Waals surface area contributed by atoms with Crippen molar-refractivity contribution in [3.8, 4) is 6.07 Å². The molecule has 1 heterocycles. The van der Waals surface area contributed by atoms with Gasteiger partial charge in [0.15, 0.2) is 5.82 Å². The molecule has 1 aliphatic rings. The van der Waals surface area contributed by atoms with Gasteiger partial charge in [0, 0.05) is 6.42 Å². The third kappa shape index (κ3) is 1.12. The highest BCUT2D eigenvalue weighted by atomic mass is 16.5. The van der Waals surface area contributed by atoms with E-state index in [0.29, 0.717) is 5.89 Å². The van der Waals surface area contributed by atoms with Crippen molar-refractivity contribution in [3.05, 3.63) is 11.7 Å². The summed E-state index contributed by atoms with van der Waals surface area (Å²) in [7, 11) is 0. The first kappa shape index (κ1) is 9.20. The Hall–Kier alpha value is -1.37. The SMILES string of the molecule is CCc1noc(C2C(C#N)C2(C)C)n1. The first-order chi connectivity index (χ1) is 6.61. The number of aryl methyl sites for hydroxylation is 1. The second-order valence-corrected chi connectivity index (χ2v) is 4.31. The maximum absolute atomic E-state index is 8.90. The van der Waals surface area contributed by atoms with Crippen molar-refractivity contribution >= 4 is 0 Å². The molecule has 2 unspecified atom stereocenters. The van der Waals surface area contributed by atoms with Crippen LogP contribution in [0.25, 0.3) is 0 Å². The van der Waals surface area contributed by atoms with E-state index in [-0.39, 0.29) is 17.3 Å². The molecule has 0 bridgehead atoms. The monoisotopic (exact) mass is 191 g/mol. The molecular formula is C10H13N3O. The van der Waals surface area contributed by atoms with Gasteiger partial charge in [0.2, 0.25) is 5.89 Å². The van der Waals surface area contributed by atoms with Crippen LogP contribution in [0, 0.1) is 22.7 Å². The lowest BCUT2D eigenvalue weighted by atomic mass is 10.1. The number of nitriles is 1. The summed E-state index contributed by atoms with van der Waals surface area (Å²) in [6.07, 6.45) is 0.772. The molecule has 0 saturated heterocycles. The molecule has 14 heavy (non-hydrogen) atoms. The van der Waals surface area contributed by atoms with E-state index in [1.54, 1.807) is 0 Å². The number of hydrogen-bond donors (Lipinski definition) is 0. The van der Waals surface area contributed by atoms with Crippen LogP contribution in [-0.2, 0) is 6.42 Å². The van der Waals surface area contributed by atoms with Gasteiger partial charge >= 0.3 is 0 Å². The van der Waals surface area contributed by atoms with E-state index in [4.69, 9.17) is 9.78 Å². The zero-order valence-corrected chi connectivity index (χ0v) is 8.61. The Kier molecular flexibility index (Phi) is 1.84. The summed E-state index contributed by atoms with van der Waals surface area (Å²) in [6.45, 7) is 6.09. The Bertz CT molecular complexity index is 388. The molecule has 0 N–H and O–H groups in total. The molecular weight excluding hydrogens is 178 g/mol. The molecule has 1 fully saturated rings. The maximum atomic E-state index is 8.90. The average molecular weight is 191 g/mol. The van der Waals surface area contributed by atoms with Gasteiger partial charge in [0.05, 0.1) is 17.9 Å². The van der Waals surface area contributed by atoms with Gasteiger partial charge in [0.1, 0.15) is 0 Å². The van der Waals surface area contributed by atoms with Gasteiger partial charge in [-0.15, -0.1) is 0 Å². The summed E-state index contributed by atoms with van der Waals surface area (Å²) in [5, 5.41) is 12.7. The van der Waals surface area contributed by atoms with Crippen LogP contribution in [-0.4, -0.2) is 10.1 Å². The summed E-state index contributed by atoms with van der Waals surface area (Å²) in [5.41, 5.74) is -0.00764. The third-order valence-electron chi connectivity index (χ3n) is 3.03. The Labute approximate surface area is 82.9 Å². The predicted molar refractivity (Wildman–Crippen MR) is 49.3 cm³/mol. The summed E-state index contributed by atoms with van der Waals surface area (Å²) in [5.74, 6) is 1.49. The molecule has 0 amide bonds. The van der Waals surface area contributed by atoms with Crippen LogP contribution in [0.15, 0.2) is 4.52 Å². The molecule has 0 spiro atoms. The smallest absolute Gasteiger partial charge is 0.231 e. The predicted octanol–water partition coefficient (Wildman–Crippen LogP) is 1.90. The number of nitrogens with zero attached hydrogens (tertiary/aromatic N) is 3. The fraction of sp³-hybridized carbons (Fsp3) is 0.700. The minimum absolute atomic E-state index is 0.00764. The fourth-order valence-electron chi connectivity index (χ4n) is 1.88. The van der Waals surface area contributed by atoms with Gasteiger partial charge in [-0.25, -0.2) is 0 Å². The molecule has 0 radical (unpaired) electrons. The van der Waals surface area contributed by atoms with E-state index >= 15 is 0 Å². The molecule has 4 heteroatoms. The summed E-state index contributed by atoms with van der Waals surface area (Å²) in [6, 6.07) is 2.28. The molecule has 0 aliphatic heterocycles. The van der Waals surface area contributed by atoms with Crippen LogP contribution in [0.2, 0.25) is 0 Å². The number of aromatic nitrogens is 2. The molecule has 74 valence electrons. The minimum Gasteiger partial charge on any atom is -0.339 e. The van der Waals surface area contributed by atoms with Crippen molar-refractivity contribution in [3.63, 3.8) is 0 Å².